The quantitative estimate of drug-likeness (QED) is 0.0237. The van der Waals surface area contributed by atoms with Gasteiger partial charge in [-0.1, -0.05) is 148 Å². The van der Waals surface area contributed by atoms with E-state index in [1.54, 1.807) is 0 Å². The molecule has 0 spiro atoms. The predicted molar refractivity (Wildman–Crippen MR) is 203 cm³/mol. The highest BCUT2D eigenvalue weighted by Crippen LogP contribution is 2.43. The second-order valence-corrected chi connectivity index (χ2v) is 15.2. The summed E-state index contributed by atoms with van der Waals surface area (Å²) < 4.78 is 32.4. The number of esters is 2. The Labute approximate surface area is 309 Å². The molecule has 300 valence electrons. The molecule has 11 nitrogen and oxygen atoms in total. The molecule has 12 heteroatoms. The number of ether oxygens (including phenoxy) is 2. The zero-order valence-electron chi connectivity index (χ0n) is 32.2. The molecule has 0 heterocycles. The number of phosphoric ester groups is 1. The zero-order valence-corrected chi connectivity index (χ0v) is 33.1. The lowest BCUT2D eigenvalue weighted by atomic mass is 10.1. The van der Waals surface area contributed by atoms with E-state index in [1.807, 2.05) is 0 Å². The molecular weight excluding hydrogens is 673 g/mol. The molecule has 0 aromatic carbocycles. The van der Waals surface area contributed by atoms with Gasteiger partial charge in [0.05, 0.1) is 13.2 Å². The molecule has 0 radical (unpaired) electrons. The summed E-state index contributed by atoms with van der Waals surface area (Å²) in [5.41, 5.74) is 5.31. The monoisotopic (exact) mass is 748 g/mol. The Balaban J connectivity index is 4.19. The van der Waals surface area contributed by atoms with Crippen LogP contribution < -0.4 is 5.73 Å². The van der Waals surface area contributed by atoms with Crippen molar-refractivity contribution in [2.24, 2.45) is 5.73 Å². The van der Waals surface area contributed by atoms with Gasteiger partial charge in [0.2, 0.25) is 0 Å². The van der Waals surface area contributed by atoms with Crippen LogP contribution in [0.2, 0.25) is 0 Å². The van der Waals surface area contributed by atoms with E-state index < -0.39 is 51.1 Å². The number of rotatable bonds is 38. The number of hydrogen-bond donors (Lipinski definition) is 3. The summed E-state index contributed by atoms with van der Waals surface area (Å²) in [5.74, 6) is -2.38. The first-order valence-corrected chi connectivity index (χ1v) is 21.7. The molecule has 0 bridgehead atoms. The van der Waals surface area contributed by atoms with Crippen molar-refractivity contribution >= 4 is 25.7 Å². The van der Waals surface area contributed by atoms with Crippen LogP contribution >= 0.6 is 7.82 Å². The minimum absolute atomic E-state index is 0.162. The average Bonchev–Trinajstić information content (AvgIpc) is 3.10. The summed E-state index contributed by atoms with van der Waals surface area (Å²) in [7, 11) is -4.70. The average molecular weight is 748 g/mol. The lowest BCUT2D eigenvalue weighted by Gasteiger charge is -2.20. The predicted octanol–water partition coefficient (Wildman–Crippen LogP) is 10.1. The smallest absolute Gasteiger partial charge is 0.472 e. The van der Waals surface area contributed by atoms with E-state index in [2.05, 4.69) is 30.5 Å². The van der Waals surface area contributed by atoms with Crippen LogP contribution in [0.4, 0.5) is 0 Å². The Hall–Kier alpha value is -1.78. The van der Waals surface area contributed by atoms with Gasteiger partial charge in [0.1, 0.15) is 12.6 Å². The van der Waals surface area contributed by atoms with Crippen LogP contribution in [0.3, 0.4) is 0 Å². The van der Waals surface area contributed by atoms with Gasteiger partial charge in [-0.05, 0) is 38.5 Å². The van der Waals surface area contributed by atoms with Crippen LogP contribution in [-0.2, 0) is 37.5 Å². The van der Waals surface area contributed by atoms with Crippen molar-refractivity contribution in [2.45, 2.75) is 199 Å². The highest BCUT2D eigenvalue weighted by atomic mass is 31.2. The number of carboxylic acids is 1. The summed E-state index contributed by atoms with van der Waals surface area (Å²) >= 11 is 0. The first-order chi connectivity index (χ1) is 24.6. The topological polar surface area (TPSA) is 172 Å². The van der Waals surface area contributed by atoms with E-state index in [0.717, 1.165) is 51.4 Å². The summed E-state index contributed by atoms with van der Waals surface area (Å²) in [5, 5.41) is 8.84. The van der Waals surface area contributed by atoms with Gasteiger partial charge >= 0.3 is 25.7 Å². The lowest BCUT2D eigenvalue weighted by molar-refractivity contribution is -0.161. The van der Waals surface area contributed by atoms with Gasteiger partial charge in [-0.2, -0.15) is 0 Å². The number of hydrogen-bond acceptors (Lipinski definition) is 9. The zero-order chi connectivity index (χ0) is 37.8. The number of aliphatic carboxylic acids is 1. The van der Waals surface area contributed by atoms with E-state index in [-0.39, 0.29) is 19.4 Å². The maximum atomic E-state index is 12.5. The molecule has 0 aliphatic heterocycles. The van der Waals surface area contributed by atoms with Crippen molar-refractivity contribution in [3.8, 4) is 0 Å². The van der Waals surface area contributed by atoms with Crippen LogP contribution in [-0.4, -0.2) is 59.9 Å². The molecule has 3 unspecified atom stereocenters. The van der Waals surface area contributed by atoms with E-state index >= 15 is 0 Å². The van der Waals surface area contributed by atoms with Crippen LogP contribution in [0.1, 0.15) is 187 Å². The fourth-order valence-corrected chi connectivity index (χ4v) is 6.31. The summed E-state index contributed by atoms with van der Waals surface area (Å²) in [6.07, 6.45) is 33.2. The summed E-state index contributed by atoms with van der Waals surface area (Å²) in [6.45, 7) is 2.72. The number of carbonyl (C=O) groups excluding carboxylic acids is 2. The Kier molecular flexibility index (Phi) is 34.0. The fraction of sp³-hybridized carbons (Fsp3) is 0.872. The molecule has 0 fully saturated rings. The Bertz CT molecular complexity index is 932. The minimum atomic E-state index is -4.70. The highest BCUT2D eigenvalue weighted by molar-refractivity contribution is 7.47. The van der Waals surface area contributed by atoms with Crippen molar-refractivity contribution < 1.29 is 47.5 Å². The van der Waals surface area contributed by atoms with Crippen molar-refractivity contribution in [2.75, 3.05) is 19.8 Å². The number of unbranched alkanes of at least 4 members (excludes halogenated alkanes) is 22. The third-order valence-corrected chi connectivity index (χ3v) is 9.71. The normalized spacial score (nSPS) is 14.0. The number of carbonyl (C=O) groups is 3. The molecule has 0 aromatic heterocycles. The second-order valence-electron chi connectivity index (χ2n) is 13.8. The van der Waals surface area contributed by atoms with Crippen molar-refractivity contribution in [1.29, 1.82) is 0 Å². The van der Waals surface area contributed by atoms with Crippen molar-refractivity contribution in [3.63, 3.8) is 0 Å². The van der Waals surface area contributed by atoms with Gasteiger partial charge in [0, 0.05) is 12.8 Å². The number of allylic oxidation sites excluding steroid dienone is 2. The minimum Gasteiger partial charge on any atom is -0.480 e. The molecular formula is C39H74NO10P. The second kappa shape index (κ2) is 35.3. The largest absolute Gasteiger partial charge is 0.480 e. The number of phosphoric acid groups is 1. The Morgan fingerprint density at radius 1 is 0.588 bits per heavy atom. The maximum absolute atomic E-state index is 12.5. The standard InChI is InChI=1S/C39H74NO10P/c1-3-5-7-9-11-12-13-14-15-16-17-18-19-20-21-22-23-24-25-27-29-31-38(42)50-35(32-47-37(41)30-28-26-10-8-6-4-2)33-48-51(45,46)49-34-36(40)39(43)44/h16-17,35-36H,3-15,18-34,40H2,1-2H3,(H,43,44)(H,45,46)/b17-16-. The molecule has 0 aliphatic carbocycles. The van der Waals surface area contributed by atoms with Gasteiger partial charge in [-0.25, -0.2) is 4.57 Å². The molecule has 0 aromatic rings. The van der Waals surface area contributed by atoms with Crippen LogP contribution in [0.5, 0.6) is 0 Å². The molecule has 51 heavy (non-hydrogen) atoms. The summed E-state index contributed by atoms with van der Waals surface area (Å²) in [6, 6.07) is -1.52. The fourth-order valence-electron chi connectivity index (χ4n) is 5.53. The molecule has 3 atom stereocenters. The van der Waals surface area contributed by atoms with Gasteiger partial charge in [0.15, 0.2) is 6.10 Å². The van der Waals surface area contributed by atoms with Gasteiger partial charge in [-0.15, -0.1) is 0 Å². The van der Waals surface area contributed by atoms with Gasteiger partial charge in [0.25, 0.3) is 0 Å². The van der Waals surface area contributed by atoms with Crippen molar-refractivity contribution in [1.82, 2.24) is 0 Å². The Morgan fingerprint density at radius 3 is 1.43 bits per heavy atom. The van der Waals surface area contributed by atoms with Crippen LogP contribution in [0.25, 0.3) is 0 Å². The first kappa shape index (κ1) is 49.2. The highest BCUT2D eigenvalue weighted by Gasteiger charge is 2.28. The first-order valence-electron chi connectivity index (χ1n) is 20.2. The van der Waals surface area contributed by atoms with Crippen LogP contribution in [0.15, 0.2) is 12.2 Å². The van der Waals surface area contributed by atoms with E-state index in [0.29, 0.717) is 12.8 Å². The van der Waals surface area contributed by atoms with Gasteiger partial charge in [-0.3, -0.25) is 23.4 Å². The molecule has 0 aliphatic rings. The van der Waals surface area contributed by atoms with E-state index in [9.17, 15) is 23.8 Å². The van der Waals surface area contributed by atoms with E-state index in [4.69, 9.17) is 24.8 Å². The van der Waals surface area contributed by atoms with Crippen LogP contribution in [0, 0.1) is 0 Å². The third-order valence-electron chi connectivity index (χ3n) is 8.76. The maximum Gasteiger partial charge on any atom is 0.472 e. The van der Waals surface area contributed by atoms with E-state index in [1.165, 1.54) is 96.3 Å². The van der Waals surface area contributed by atoms with Gasteiger partial charge < -0.3 is 25.2 Å². The Morgan fingerprint density at radius 2 is 0.980 bits per heavy atom. The molecule has 4 N–H and O–H groups in total. The number of carboxylic acid groups (broad SMARTS) is 1. The number of nitrogens with two attached hydrogens (primary N) is 1. The molecule has 0 rings (SSSR count). The molecule has 0 saturated carbocycles. The summed E-state index contributed by atoms with van der Waals surface area (Å²) in [4.78, 5) is 45.5. The van der Waals surface area contributed by atoms with Crippen molar-refractivity contribution in [3.05, 3.63) is 12.2 Å². The SMILES string of the molecule is CCCCCCCCCC/C=C\CCCCCCCCCCCC(=O)OC(COC(=O)CCCCCCCC)COP(=O)(O)OCC(N)C(=O)O. The lowest BCUT2D eigenvalue weighted by Crippen LogP contribution is -2.34. The third kappa shape index (κ3) is 35.0. The molecule has 0 amide bonds. The molecule has 0 saturated heterocycles.